The normalized spacial score (nSPS) is 47.2. The maximum absolute atomic E-state index is 12.2. The molecule has 0 bridgehead atoms. The van der Waals surface area contributed by atoms with Crippen LogP contribution in [-0.4, -0.2) is 11.6 Å². The molecule has 24 heavy (non-hydrogen) atoms. The molecule has 0 saturated heterocycles. The summed E-state index contributed by atoms with van der Waals surface area (Å²) in [6.45, 7) is 8.40. The fourth-order valence-corrected chi connectivity index (χ4v) is 7.32. The Balaban J connectivity index is 1.71. The van der Waals surface area contributed by atoms with Crippen LogP contribution in [0.15, 0.2) is 24.3 Å². The highest BCUT2D eigenvalue weighted by Crippen LogP contribution is 2.67. The van der Waals surface area contributed by atoms with E-state index in [4.69, 9.17) is 0 Å². The van der Waals surface area contributed by atoms with Crippen LogP contribution in [0.2, 0.25) is 0 Å². The van der Waals surface area contributed by atoms with Crippen molar-refractivity contribution >= 4 is 11.6 Å². The second-order valence-electron chi connectivity index (χ2n) is 9.08. The molecule has 0 spiro atoms. The van der Waals surface area contributed by atoms with Crippen molar-refractivity contribution in [1.29, 1.82) is 0 Å². The first-order valence-corrected chi connectivity index (χ1v) is 9.80. The van der Waals surface area contributed by atoms with Crippen LogP contribution in [0.4, 0.5) is 0 Å². The third kappa shape index (κ3) is 2.01. The summed E-state index contributed by atoms with van der Waals surface area (Å²) in [5.74, 6) is 2.99. The van der Waals surface area contributed by atoms with Crippen LogP contribution in [0.25, 0.3) is 0 Å². The molecule has 0 N–H and O–H groups in total. The monoisotopic (exact) mass is 326 g/mol. The largest absolute Gasteiger partial charge is 0.300 e. The molecule has 0 aromatic rings. The van der Waals surface area contributed by atoms with Crippen molar-refractivity contribution in [1.82, 2.24) is 0 Å². The number of fused-ring (bicyclic) bond motifs is 5. The smallest absolute Gasteiger partial charge is 0.155 e. The van der Waals surface area contributed by atoms with E-state index in [1.807, 2.05) is 6.08 Å². The van der Waals surface area contributed by atoms with Crippen LogP contribution in [0.5, 0.6) is 0 Å². The molecule has 0 radical (unpaired) electrons. The molecular formula is C22H30O2. The Labute approximate surface area is 145 Å². The first kappa shape index (κ1) is 16.3. The zero-order valence-electron chi connectivity index (χ0n) is 15.1. The number of ketones is 2. The van der Waals surface area contributed by atoms with Crippen molar-refractivity contribution in [2.24, 2.45) is 34.5 Å². The van der Waals surface area contributed by atoms with E-state index in [0.29, 0.717) is 35.7 Å². The lowest BCUT2D eigenvalue weighted by Crippen LogP contribution is -2.51. The van der Waals surface area contributed by atoms with E-state index in [1.54, 1.807) is 6.92 Å². The van der Waals surface area contributed by atoms with Gasteiger partial charge in [-0.2, -0.15) is 0 Å². The summed E-state index contributed by atoms with van der Waals surface area (Å²) < 4.78 is 0. The van der Waals surface area contributed by atoms with Crippen LogP contribution >= 0.6 is 0 Å². The Morgan fingerprint density at radius 3 is 2.67 bits per heavy atom. The lowest BCUT2D eigenvalue weighted by atomic mass is 9.46. The molecule has 0 heterocycles. The van der Waals surface area contributed by atoms with Gasteiger partial charge in [0.25, 0.3) is 0 Å². The molecule has 4 rings (SSSR count). The number of carbonyl (C=O) groups is 2. The molecule has 4 aliphatic rings. The Hall–Kier alpha value is -1.18. The maximum Gasteiger partial charge on any atom is 0.155 e. The van der Waals surface area contributed by atoms with Crippen LogP contribution in [-0.2, 0) is 9.59 Å². The van der Waals surface area contributed by atoms with Gasteiger partial charge in [-0.3, -0.25) is 9.59 Å². The second kappa shape index (κ2) is 5.41. The predicted molar refractivity (Wildman–Crippen MR) is 95.4 cm³/mol. The highest BCUT2D eigenvalue weighted by atomic mass is 16.1. The van der Waals surface area contributed by atoms with E-state index in [9.17, 15) is 9.59 Å². The molecule has 2 heteroatoms. The minimum Gasteiger partial charge on any atom is -0.300 e. The summed E-state index contributed by atoms with van der Waals surface area (Å²) in [5, 5.41) is 0. The Kier molecular flexibility index (Phi) is 3.67. The number of hydrogen-bond donors (Lipinski definition) is 0. The quantitative estimate of drug-likeness (QED) is 0.677. The zero-order chi connectivity index (χ0) is 17.1. The molecule has 0 aliphatic heterocycles. The number of hydrogen-bond acceptors (Lipinski definition) is 2. The summed E-state index contributed by atoms with van der Waals surface area (Å²) in [4.78, 5) is 24.1. The highest BCUT2D eigenvalue weighted by Gasteiger charge is 2.60. The lowest BCUT2D eigenvalue weighted by molar-refractivity contribution is -0.128. The fourth-order valence-electron chi connectivity index (χ4n) is 7.32. The van der Waals surface area contributed by atoms with Crippen LogP contribution in [0, 0.1) is 34.5 Å². The molecule has 6 atom stereocenters. The van der Waals surface area contributed by atoms with Gasteiger partial charge in [0.1, 0.15) is 5.78 Å². The number of Topliss-reactive ketones (excluding diaryl/α,β-unsaturated/α-hetero) is 1. The molecule has 0 amide bonds. The summed E-state index contributed by atoms with van der Waals surface area (Å²) in [5.41, 5.74) is 1.63. The van der Waals surface area contributed by atoms with Gasteiger partial charge in [-0.05, 0) is 81.1 Å². The number of rotatable bonds is 2. The Morgan fingerprint density at radius 1 is 1.17 bits per heavy atom. The van der Waals surface area contributed by atoms with E-state index in [1.165, 1.54) is 31.3 Å². The van der Waals surface area contributed by atoms with Gasteiger partial charge in [-0.1, -0.05) is 18.6 Å². The molecule has 0 aromatic carbocycles. The topological polar surface area (TPSA) is 34.1 Å². The van der Waals surface area contributed by atoms with E-state index in [0.717, 1.165) is 19.3 Å². The molecular weight excluding hydrogens is 296 g/mol. The van der Waals surface area contributed by atoms with Gasteiger partial charge in [-0.25, -0.2) is 0 Å². The number of carbonyl (C=O) groups excluding carboxylic acids is 2. The maximum atomic E-state index is 12.2. The predicted octanol–water partition coefficient (Wildman–Crippen LogP) is 4.89. The van der Waals surface area contributed by atoms with Gasteiger partial charge in [0.15, 0.2) is 5.78 Å². The number of allylic oxidation sites excluding steroid dienone is 2. The second-order valence-corrected chi connectivity index (χ2v) is 9.08. The standard InChI is InChI=1S/C22H30O2/c1-4-22-12-9-16(24)13-15(22)5-6-17-19-8-7-18(14(2)23)21(19,3)11-10-20(17)22/h4,13,17-20H,1,5-12H2,2-3H3/t17-,18+,19-,20-,21+,22-/m0/s1. The first-order valence-electron chi connectivity index (χ1n) is 9.80. The molecule has 3 fully saturated rings. The minimum atomic E-state index is 0.0620. The van der Waals surface area contributed by atoms with Crippen molar-refractivity contribution in [3.05, 3.63) is 24.3 Å². The SMILES string of the molecule is C=C[C@]12CCC(=O)C=C1CC[C@H]1[C@@H]3CC[C@H](C(C)=O)[C@@]3(C)CC[C@@H]12. The molecule has 4 aliphatic carbocycles. The van der Waals surface area contributed by atoms with Crippen molar-refractivity contribution < 1.29 is 9.59 Å². The van der Waals surface area contributed by atoms with Crippen molar-refractivity contribution in [2.45, 2.75) is 65.2 Å². The minimum absolute atomic E-state index is 0.0620. The summed E-state index contributed by atoms with van der Waals surface area (Å²) >= 11 is 0. The van der Waals surface area contributed by atoms with Gasteiger partial charge in [-0.15, -0.1) is 6.58 Å². The van der Waals surface area contributed by atoms with E-state index in [2.05, 4.69) is 19.6 Å². The van der Waals surface area contributed by atoms with Crippen LogP contribution in [0.3, 0.4) is 0 Å². The third-order valence-corrected chi connectivity index (χ3v) is 8.42. The van der Waals surface area contributed by atoms with Crippen LogP contribution in [0.1, 0.15) is 65.2 Å². The van der Waals surface area contributed by atoms with Gasteiger partial charge < -0.3 is 0 Å². The van der Waals surface area contributed by atoms with Crippen molar-refractivity contribution in [3.63, 3.8) is 0 Å². The Bertz CT molecular complexity index is 630. The Morgan fingerprint density at radius 2 is 1.96 bits per heavy atom. The fraction of sp³-hybridized carbons (Fsp3) is 0.727. The van der Waals surface area contributed by atoms with E-state index in [-0.39, 0.29) is 16.7 Å². The molecule has 2 nitrogen and oxygen atoms in total. The van der Waals surface area contributed by atoms with Gasteiger partial charge in [0, 0.05) is 17.8 Å². The summed E-state index contributed by atoms with van der Waals surface area (Å²) in [7, 11) is 0. The third-order valence-electron chi connectivity index (χ3n) is 8.42. The average molecular weight is 326 g/mol. The van der Waals surface area contributed by atoms with E-state index >= 15 is 0 Å². The van der Waals surface area contributed by atoms with Gasteiger partial charge in [0.05, 0.1) is 0 Å². The van der Waals surface area contributed by atoms with E-state index < -0.39 is 0 Å². The highest BCUT2D eigenvalue weighted by molar-refractivity contribution is 5.91. The van der Waals surface area contributed by atoms with Crippen molar-refractivity contribution in [2.75, 3.05) is 0 Å². The van der Waals surface area contributed by atoms with Crippen LogP contribution < -0.4 is 0 Å². The average Bonchev–Trinajstić information content (AvgIpc) is 2.91. The lowest BCUT2D eigenvalue weighted by Gasteiger charge is -2.58. The van der Waals surface area contributed by atoms with Gasteiger partial charge >= 0.3 is 0 Å². The summed E-state index contributed by atoms with van der Waals surface area (Å²) in [6, 6.07) is 0. The zero-order valence-corrected chi connectivity index (χ0v) is 15.1. The molecule has 0 aromatic heterocycles. The van der Waals surface area contributed by atoms with Crippen molar-refractivity contribution in [3.8, 4) is 0 Å². The first-order chi connectivity index (χ1) is 11.4. The van der Waals surface area contributed by atoms with Gasteiger partial charge in [0.2, 0.25) is 0 Å². The molecule has 0 unspecified atom stereocenters. The molecule has 130 valence electrons. The molecule has 3 saturated carbocycles. The summed E-state index contributed by atoms with van der Waals surface area (Å²) in [6.07, 6.45) is 12.7.